The van der Waals surface area contributed by atoms with Crippen molar-refractivity contribution in [3.05, 3.63) is 29.8 Å². The highest BCUT2D eigenvalue weighted by Gasteiger charge is 2.34. The third-order valence-corrected chi connectivity index (χ3v) is 3.93. The van der Waals surface area contributed by atoms with E-state index in [0.29, 0.717) is 13.2 Å². The molecule has 0 saturated carbocycles. The minimum Gasteiger partial charge on any atom is -0.497 e. The Morgan fingerprint density at radius 1 is 1.50 bits per heavy atom. The molecule has 2 atom stereocenters. The van der Waals surface area contributed by atoms with Crippen LogP contribution in [0.3, 0.4) is 0 Å². The van der Waals surface area contributed by atoms with Crippen molar-refractivity contribution in [1.82, 2.24) is 4.90 Å². The lowest BCUT2D eigenvalue weighted by atomic mass is 9.99. The monoisotopic (exact) mass is 279 g/mol. The zero-order valence-electron chi connectivity index (χ0n) is 12.8. The summed E-state index contributed by atoms with van der Waals surface area (Å²) in [6, 6.07) is 7.62. The molecule has 0 bridgehead atoms. The highest BCUT2D eigenvalue weighted by atomic mass is 16.5. The molecule has 0 amide bonds. The molecule has 0 radical (unpaired) electrons. The van der Waals surface area contributed by atoms with E-state index in [1.807, 2.05) is 24.3 Å². The summed E-state index contributed by atoms with van der Waals surface area (Å²) in [5, 5.41) is 10.5. The summed E-state index contributed by atoms with van der Waals surface area (Å²) in [6.45, 7) is 8.51. The van der Waals surface area contributed by atoms with Gasteiger partial charge in [0.1, 0.15) is 5.75 Å². The van der Waals surface area contributed by atoms with Gasteiger partial charge in [-0.05, 0) is 38.5 Å². The Labute approximate surface area is 121 Å². The van der Waals surface area contributed by atoms with Gasteiger partial charge in [0.05, 0.1) is 25.9 Å². The van der Waals surface area contributed by atoms with Gasteiger partial charge in [0.2, 0.25) is 0 Å². The van der Waals surface area contributed by atoms with Crippen molar-refractivity contribution in [3.63, 3.8) is 0 Å². The van der Waals surface area contributed by atoms with Gasteiger partial charge < -0.3 is 14.6 Å². The minimum atomic E-state index is -0.519. The minimum absolute atomic E-state index is 0.0492. The Balaban J connectivity index is 2.07. The van der Waals surface area contributed by atoms with Crippen molar-refractivity contribution in [2.75, 3.05) is 26.8 Å². The molecule has 1 aliphatic rings. The first-order valence-corrected chi connectivity index (χ1v) is 7.11. The fourth-order valence-electron chi connectivity index (χ4n) is 2.53. The number of benzene rings is 1. The number of rotatable bonds is 4. The molecule has 0 aliphatic carbocycles. The number of nitrogens with zero attached hydrogens (tertiary/aromatic N) is 1. The van der Waals surface area contributed by atoms with Gasteiger partial charge in [0, 0.05) is 18.6 Å². The molecule has 0 aromatic heterocycles. The van der Waals surface area contributed by atoms with Crippen LogP contribution >= 0.6 is 0 Å². The van der Waals surface area contributed by atoms with Crippen LogP contribution in [0.4, 0.5) is 0 Å². The summed E-state index contributed by atoms with van der Waals surface area (Å²) in [5.74, 6) is 0.774. The fourth-order valence-corrected chi connectivity index (χ4v) is 2.53. The van der Waals surface area contributed by atoms with E-state index in [-0.39, 0.29) is 11.6 Å². The second kappa shape index (κ2) is 6.12. The second-order valence-corrected chi connectivity index (χ2v) is 6.13. The molecule has 1 aliphatic heterocycles. The molecule has 1 N–H and O–H groups in total. The third kappa shape index (κ3) is 3.51. The van der Waals surface area contributed by atoms with Crippen LogP contribution in [-0.2, 0) is 4.74 Å². The Kier molecular flexibility index (Phi) is 4.68. The molecule has 4 nitrogen and oxygen atoms in total. The van der Waals surface area contributed by atoms with E-state index in [2.05, 4.69) is 25.7 Å². The predicted molar refractivity (Wildman–Crippen MR) is 79.0 cm³/mol. The molecule has 2 unspecified atom stereocenters. The van der Waals surface area contributed by atoms with E-state index < -0.39 is 6.10 Å². The molecule has 20 heavy (non-hydrogen) atoms. The van der Waals surface area contributed by atoms with Crippen LogP contribution in [0.2, 0.25) is 0 Å². The largest absolute Gasteiger partial charge is 0.497 e. The number of ether oxygens (including phenoxy) is 2. The lowest BCUT2D eigenvalue weighted by Crippen LogP contribution is -2.56. The van der Waals surface area contributed by atoms with Gasteiger partial charge in [-0.1, -0.05) is 12.1 Å². The number of morpholine rings is 1. The van der Waals surface area contributed by atoms with Gasteiger partial charge in [-0.2, -0.15) is 0 Å². The molecule has 4 heteroatoms. The average Bonchev–Trinajstić information content (AvgIpc) is 2.43. The maximum Gasteiger partial charge on any atom is 0.119 e. The highest BCUT2D eigenvalue weighted by Crippen LogP contribution is 2.26. The molecular formula is C16H25NO3. The Hall–Kier alpha value is -1.10. The molecule has 112 valence electrons. The first kappa shape index (κ1) is 15.3. The summed E-state index contributed by atoms with van der Waals surface area (Å²) >= 11 is 0. The van der Waals surface area contributed by atoms with Crippen LogP contribution in [0.25, 0.3) is 0 Å². The predicted octanol–water partition coefficient (Wildman–Crippen LogP) is 2.23. The maximum atomic E-state index is 10.5. The molecule has 2 rings (SSSR count). The van der Waals surface area contributed by atoms with Crippen molar-refractivity contribution in [2.45, 2.75) is 38.5 Å². The van der Waals surface area contributed by atoms with Gasteiger partial charge in [-0.25, -0.2) is 0 Å². The van der Waals surface area contributed by atoms with Crippen molar-refractivity contribution >= 4 is 0 Å². The van der Waals surface area contributed by atoms with E-state index in [1.54, 1.807) is 7.11 Å². The number of aliphatic hydroxyl groups is 1. The van der Waals surface area contributed by atoms with Crippen LogP contribution < -0.4 is 4.74 Å². The van der Waals surface area contributed by atoms with Gasteiger partial charge in [0.15, 0.2) is 0 Å². The lowest BCUT2D eigenvalue weighted by Gasteiger charge is -2.45. The van der Waals surface area contributed by atoms with Gasteiger partial charge >= 0.3 is 0 Å². The maximum absolute atomic E-state index is 10.5. The summed E-state index contributed by atoms with van der Waals surface area (Å²) < 4.78 is 10.9. The number of aliphatic hydroxyl groups excluding tert-OH is 1. The number of hydrogen-bond acceptors (Lipinski definition) is 4. The van der Waals surface area contributed by atoms with Crippen molar-refractivity contribution in [2.24, 2.45) is 0 Å². The second-order valence-electron chi connectivity index (χ2n) is 6.13. The van der Waals surface area contributed by atoms with E-state index in [0.717, 1.165) is 17.9 Å². The van der Waals surface area contributed by atoms with Crippen LogP contribution in [0, 0.1) is 0 Å². The number of hydrogen-bond donors (Lipinski definition) is 1. The zero-order chi connectivity index (χ0) is 14.8. The number of methoxy groups -OCH3 is 1. The van der Waals surface area contributed by atoms with E-state index in [9.17, 15) is 5.11 Å². The van der Waals surface area contributed by atoms with E-state index >= 15 is 0 Å². The lowest BCUT2D eigenvalue weighted by molar-refractivity contribution is -0.102. The molecule has 1 fully saturated rings. The van der Waals surface area contributed by atoms with Crippen molar-refractivity contribution < 1.29 is 14.6 Å². The molecule has 1 aromatic rings. The third-order valence-electron chi connectivity index (χ3n) is 3.93. The standard InChI is InChI=1S/C16H25NO3/c1-12-9-17(16(2,3)11-20-12)10-15(18)13-6-5-7-14(8-13)19-4/h5-8,12,15,18H,9-11H2,1-4H3. The van der Waals surface area contributed by atoms with Crippen molar-refractivity contribution in [1.29, 1.82) is 0 Å². The summed E-state index contributed by atoms with van der Waals surface area (Å²) in [7, 11) is 1.64. The average molecular weight is 279 g/mol. The highest BCUT2D eigenvalue weighted by molar-refractivity contribution is 5.30. The van der Waals surface area contributed by atoms with Gasteiger partial charge in [-0.15, -0.1) is 0 Å². The Bertz CT molecular complexity index is 447. The van der Waals surface area contributed by atoms with Crippen LogP contribution in [-0.4, -0.2) is 48.5 Å². The zero-order valence-corrected chi connectivity index (χ0v) is 12.8. The smallest absolute Gasteiger partial charge is 0.119 e. The molecule has 1 saturated heterocycles. The molecule has 1 aromatic carbocycles. The van der Waals surface area contributed by atoms with Crippen LogP contribution in [0.15, 0.2) is 24.3 Å². The van der Waals surface area contributed by atoms with E-state index in [1.165, 1.54) is 0 Å². The fraction of sp³-hybridized carbons (Fsp3) is 0.625. The van der Waals surface area contributed by atoms with Gasteiger partial charge in [0.25, 0.3) is 0 Å². The SMILES string of the molecule is COc1cccc(C(O)CN2CC(C)OCC2(C)C)c1. The topological polar surface area (TPSA) is 41.9 Å². The Morgan fingerprint density at radius 2 is 2.25 bits per heavy atom. The van der Waals surface area contributed by atoms with Crippen LogP contribution in [0.1, 0.15) is 32.4 Å². The first-order valence-electron chi connectivity index (χ1n) is 7.11. The summed E-state index contributed by atoms with van der Waals surface area (Å²) in [5.41, 5.74) is 0.839. The molecule has 0 spiro atoms. The number of β-amino-alcohol motifs (C(OH)–C–C–N with tert-alkyl or cyclic N) is 1. The van der Waals surface area contributed by atoms with Crippen LogP contribution in [0.5, 0.6) is 5.75 Å². The normalized spacial score (nSPS) is 24.4. The Morgan fingerprint density at radius 3 is 2.95 bits per heavy atom. The molecular weight excluding hydrogens is 254 g/mol. The first-order chi connectivity index (χ1) is 9.42. The van der Waals surface area contributed by atoms with Crippen molar-refractivity contribution in [3.8, 4) is 5.75 Å². The summed E-state index contributed by atoms with van der Waals surface area (Å²) in [6.07, 6.45) is -0.310. The summed E-state index contributed by atoms with van der Waals surface area (Å²) in [4.78, 5) is 2.30. The quantitative estimate of drug-likeness (QED) is 0.917. The van der Waals surface area contributed by atoms with Gasteiger partial charge in [-0.3, -0.25) is 4.90 Å². The molecule has 1 heterocycles. The van der Waals surface area contributed by atoms with E-state index in [4.69, 9.17) is 9.47 Å².